The van der Waals surface area contributed by atoms with E-state index in [9.17, 15) is 9.90 Å². The van der Waals surface area contributed by atoms with Gasteiger partial charge in [-0.25, -0.2) is 0 Å². The molecule has 1 N–H and O–H groups in total. The van der Waals surface area contributed by atoms with Gasteiger partial charge in [-0.15, -0.1) is 0 Å². The van der Waals surface area contributed by atoms with Crippen molar-refractivity contribution in [2.45, 2.75) is 41.0 Å². The number of rotatable bonds is 0. The Kier molecular flexibility index (Phi) is 6.33. The fourth-order valence-electron chi connectivity index (χ4n) is 1.76. The lowest BCUT2D eigenvalue weighted by atomic mass is 10.1. The number of phenols is 1. The Labute approximate surface area is 104 Å². The fourth-order valence-corrected chi connectivity index (χ4v) is 1.76. The number of nitrogens with zero attached hydrogens (tertiary/aromatic N) is 1. The van der Waals surface area contributed by atoms with Crippen LogP contribution in [0.4, 0.5) is 5.69 Å². The Hall–Kier alpha value is -1.51. The van der Waals surface area contributed by atoms with Crippen LogP contribution in [0.5, 0.6) is 5.75 Å². The molecule has 0 bridgehead atoms. The molecule has 1 aromatic rings. The normalized spacial score (nSPS) is 12.1. The van der Waals surface area contributed by atoms with Crippen LogP contribution >= 0.6 is 0 Å². The molecular formula is C14H23NO2. The third kappa shape index (κ3) is 3.22. The summed E-state index contributed by atoms with van der Waals surface area (Å²) in [5, 5.41) is 9.61. The molecule has 17 heavy (non-hydrogen) atoms. The van der Waals surface area contributed by atoms with Gasteiger partial charge in [-0.2, -0.15) is 0 Å². The summed E-state index contributed by atoms with van der Waals surface area (Å²) in [5.41, 5.74) is 2.57. The second-order valence-electron chi connectivity index (χ2n) is 3.42. The number of anilines is 1. The maximum atomic E-state index is 11.3. The molecule has 2 rings (SSSR count). The van der Waals surface area contributed by atoms with E-state index in [2.05, 4.69) is 0 Å². The highest BCUT2D eigenvalue weighted by atomic mass is 16.3. The van der Waals surface area contributed by atoms with Crippen molar-refractivity contribution in [2.24, 2.45) is 0 Å². The molecular weight excluding hydrogens is 214 g/mol. The number of aromatic hydroxyl groups is 1. The predicted molar refractivity (Wildman–Crippen MR) is 72.7 cm³/mol. The Bertz CT molecular complexity index is 386. The van der Waals surface area contributed by atoms with Crippen molar-refractivity contribution in [3.63, 3.8) is 0 Å². The number of carbonyl (C=O) groups is 1. The average molecular weight is 237 g/mol. The zero-order valence-electron chi connectivity index (χ0n) is 11.7. The van der Waals surface area contributed by atoms with E-state index in [1.165, 1.54) is 4.90 Å². The molecule has 0 saturated carbocycles. The number of fused-ring (bicyclic) bond motifs is 1. The highest BCUT2D eigenvalue weighted by molar-refractivity contribution is 6.02. The Morgan fingerprint density at radius 2 is 1.71 bits per heavy atom. The SMILES string of the molecule is CC.CC.Cc1cc(O)c2c(c1)CC(=O)N2C. The smallest absolute Gasteiger partial charge is 0.231 e. The number of hydrogen-bond acceptors (Lipinski definition) is 2. The maximum Gasteiger partial charge on any atom is 0.231 e. The number of aryl methyl sites for hydroxylation is 1. The van der Waals surface area contributed by atoms with E-state index in [1.54, 1.807) is 13.1 Å². The first-order valence-corrected chi connectivity index (χ1v) is 6.18. The molecule has 3 nitrogen and oxygen atoms in total. The first kappa shape index (κ1) is 15.5. The molecule has 0 radical (unpaired) electrons. The van der Waals surface area contributed by atoms with Crippen LogP contribution in [-0.4, -0.2) is 18.1 Å². The van der Waals surface area contributed by atoms with Crippen LogP contribution in [0.1, 0.15) is 38.8 Å². The zero-order valence-corrected chi connectivity index (χ0v) is 11.7. The van der Waals surface area contributed by atoms with Gasteiger partial charge in [0.1, 0.15) is 5.75 Å². The van der Waals surface area contributed by atoms with Crippen LogP contribution < -0.4 is 4.90 Å². The monoisotopic (exact) mass is 237 g/mol. The summed E-state index contributed by atoms with van der Waals surface area (Å²) in [6.45, 7) is 9.91. The van der Waals surface area contributed by atoms with Gasteiger partial charge >= 0.3 is 0 Å². The van der Waals surface area contributed by atoms with E-state index in [0.29, 0.717) is 12.1 Å². The summed E-state index contributed by atoms with van der Waals surface area (Å²) in [4.78, 5) is 12.8. The van der Waals surface area contributed by atoms with Crippen molar-refractivity contribution in [3.05, 3.63) is 23.3 Å². The molecule has 0 aliphatic carbocycles. The third-order valence-corrected chi connectivity index (χ3v) is 2.36. The molecule has 0 aromatic heterocycles. The number of amides is 1. The summed E-state index contributed by atoms with van der Waals surface area (Å²) in [7, 11) is 1.68. The van der Waals surface area contributed by atoms with Gasteiger partial charge in [-0.1, -0.05) is 33.8 Å². The third-order valence-electron chi connectivity index (χ3n) is 2.36. The molecule has 1 amide bonds. The Morgan fingerprint density at radius 3 is 2.24 bits per heavy atom. The number of likely N-dealkylation sites (N-methyl/N-ethyl adjacent to an activating group) is 1. The van der Waals surface area contributed by atoms with E-state index in [4.69, 9.17) is 0 Å². The lowest BCUT2D eigenvalue weighted by molar-refractivity contribution is -0.117. The molecule has 0 spiro atoms. The quantitative estimate of drug-likeness (QED) is 0.752. The molecule has 1 aromatic carbocycles. The van der Waals surface area contributed by atoms with Gasteiger partial charge in [0, 0.05) is 7.05 Å². The van der Waals surface area contributed by atoms with Gasteiger partial charge in [0.2, 0.25) is 5.91 Å². The minimum atomic E-state index is 0.0379. The standard InChI is InChI=1S/C10H11NO2.2C2H6/c1-6-3-7-5-9(13)11(2)10(7)8(12)4-6;2*1-2/h3-4,12H,5H2,1-2H3;2*1-2H3. The maximum absolute atomic E-state index is 11.3. The van der Waals surface area contributed by atoms with Crippen molar-refractivity contribution in [2.75, 3.05) is 11.9 Å². The minimum Gasteiger partial charge on any atom is -0.506 e. The summed E-state index contributed by atoms with van der Waals surface area (Å²) >= 11 is 0. The molecule has 1 heterocycles. The molecule has 1 aliphatic heterocycles. The number of phenolic OH excluding ortho intramolecular Hbond substituents is 1. The highest BCUT2D eigenvalue weighted by Crippen LogP contribution is 2.36. The van der Waals surface area contributed by atoms with Gasteiger partial charge in [0.15, 0.2) is 0 Å². The lowest BCUT2D eigenvalue weighted by Gasteiger charge is -2.11. The van der Waals surface area contributed by atoms with Gasteiger partial charge in [-0.05, 0) is 24.1 Å². The summed E-state index contributed by atoms with van der Waals surface area (Å²) in [6, 6.07) is 3.62. The van der Waals surface area contributed by atoms with E-state index in [-0.39, 0.29) is 11.7 Å². The van der Waals surface area contributed by atoms with E-state index >= 15 is 0 Å². The number of hydrogen-bond donors (Lipinski definition) is 1. The topological polar surface area (TPSA) is 40.5 Å². The lowest BCUT2D eigenvalue weighted by Crippen LogP contribution is -2.20. The summed E-state index contributed by atoms with van der Waals surface area (Å²) < 4.78 is 0. The van der Waals surface area contributed by atoms with Gasteiger partial charge in [0.05, 0.1) is 12.1 Å². The fraction of sp³-hybridized carbons (Fsp3) is 0.500. The average Bonchev–Trinajstić information content (AvgIpc) is 2.60. The molecule has 3 heteroatoms. The van der Waals surface area contributed by atoms with E-state index in [0.717, 1.165) is 11.1 Å². The highest BCUT2D eigenvalue weighted by Gasteiger charge is 2.26. The van der Waals surface area contributed by atoms with Crippen molar-refractivity contribution in [3.8, 4) is 5.75 Å². The second kappa shape index (κ2) is 6.94. The van der Waals surface area contributed by atoms with Crippen LogP contribution in [0, 0.1) is 6.92 Å². The van der Waals surface area contributed by atoms with Crippen LogP contribution in [0.15, 0.2) is 12.1 Å². The van der Waals surface area contributed by atoms with E-state index in [1.807, 2.05) is 40.7 Å². The molecule has 0 fully saturated rings. The largest absolute Gasteiger partial charge is 0.506 e. The van der Waals surface area contributed by atoms with Crippen molar-refractivity contribution < 1.29 is 9.90 Å². The van der Waals surface area contributed by atoms with Crippen LogP contribution in [0.3, 0.4) is 0 Å². The van der Waals surface area contributed by atoms with Crippen molar-refractivity contribution in [1.29, 1.82) is 0 Å². The molecule has 0 unspecified atom stereocenters. The first-order valence-electron chi connectivity index (χ1n) is 6.18. The zero-order chi connectivity index (χ0) is 13.6. The predicted octanol–water partition coefficient (Wildman–Crippen LogP) is 3.27. The second-order valence-corrected chi connectivity index (χ2v) is 3.42. The number of carbonyl (C=O) groups excluding carboxylic acids is 1. The molecule has 0 saturated heterocycles. The minimum absolute atomic E-state index is 0.0379. The Balaban J connectivity index is 0.000000581. The summed E-state index contributed by atoms with van der Waals surface area (Å²) in [6.07, 6.45) is 0.404. The van der Waals surface area contributed by atoms with Crippen molar-refractivity contribution in [1.82, 2.24) is 0 Å². The molecule has 0 atom stereocenters. The summed E-state index contributed by atoms with van der Waals surface area (Å²) in [5.74, 6) is 0.235. The first-order chi connectivity index (χ1) is 8.09. The van der Waals surface area contributed by atoms with Crippen molar-refractivity contribution >= 4 is 11.6 Å². The van der Waals surface area contributed by atoms with Crippen LogP contribution in [0.25, 0.3) is 0 Å². The Morgan fingerprint density at radius 1 is 1.18 bits per heavy atom. The van der Waals surface area contributed by atoms with E-state index < -0.39 is 0 Å². The molecule has 1 aliphatic rings. The van der Waals surface area contributed by atoms with Crippen LogP contribution in [0.2, 0.25) is 0 Å². The molecule has 96 valence electrons. The number of benzene rings is 1. The van der Waals surface area contributed by atoms with Gasteiger partial charge in [-0.3, -0.25) is 4.79 Å². The van der Waals surface area contributed by atoms with Crippen LogP contribution in [-0.2, 0) is 11.2 Å². The van der Waals surface area contributed by atoms with Gasteiger partial charge < -0.3 is 10.0 Å². The van der Waals surface area contributed by atoms with Gasteiger partial charge in [0.25, 0.3) is 0 Å².